The van der Waals surface area contributed by atoms with Crippen LogP contribution in [0.15, 0.2) is 0 Å². The number of aliphatic hydroxyl groups excluding tert-OH is 1. The van der Waals surface area contributed by atoms with Crippen LogP contribution in [0.2, 0.25) is 0 Å². The Morgan fingerprint density at radius 2 is 1.83 bits per heavy atom. The van der Waals surface area contributed by atoms with Gasteiger partial charge in [-0.2, -0.15) is 0 Å². The van der Waals surface area contributed by atoms with Gasteiger partial charge in [-0.05, 0) is 36.2 Å². The van der Waals surface area contributed by atoms with Crippen LogP contribution >= 0.6 is 11.5 Å². The largest absolute Gasteiger partial charge is 0.387 e. The highest BCUT2D eigenvalue weighted by molar-refractivity contribution is 7.05. The molecule has 1 aliphatic rings. The van der Waals surface area contributed by atoms with E-state index in [1.807, 2.05) is 0 Å². The Kier molecular flexibility index (Phi) is 4.07. The molecule has 0 radical (unpaired) electrons. The fourth-order valence-corrected chi connectivity index (χ4v) is 3.67. The lowest BCUT2D eigenvalue weighted by Gasteiger charge is -2.30. The van der Waals surface area contributed by atoms with Gasteiger partial charge in [-0.3, -0.25) is 0 Å². The predicted octanol–water partition coefficient (Wildman–Crippen LogP) is 3.70. The van der Waals surface area contributed by atoms with Crippen LogP contribution in [0.4, 0.5) is 0 Å². The second kappa shape index (κ2) is 5.25. The van der Waals surface area contributed by atoms with Gasteiger partial charge in [-0.1, -0.05) is 45.0 Å². The molecule has 4 heteroatoms. The van der Waals surface area contributed by atoms with Crippen LogP contribution in [0, 0.1) is 11.8 Å². The van der Waals surface area contributed by atoms with Crippen molar-refractivity contribution in [3.63, 3.8) is 0 Å². The van der Waals surface area contributed by atoms with Gasteiger partial charge in [0.2, 0.25) is 0 Å². The molecule has 102 valence electrons. The molecule has 1 heterocycles. The summed E-state index contributed by atoms with van der Waals surface area (Å²) in [6.07, 6.45) is 4.36. The van der Waals surface area contributed by atoms with Crippen molar-refractivity contribution in [3.05, 3.63) is 10.6 Å². The number of hydrogen-bond acceptors (Lipinski definition) is 4. The molecule has 1 aliphatic carbocycles. The fraction of sp³-hybridized carbons (Fsp3) is 0.857. The zero-order valence-electron chi connectivity index (χ0n) is 11.8. The molecule has 1 N–H and O–H groups in total. The van der Waals surface area contributed by atoms with Gasteiger partial charge >= 0.3 is 0 Å². The summed E-state index contributed by atoms with van der Waals surface area (Å²) in [5, 5.41) is 14.8. The Hall–Kier alpha value is -0.480. The molecule has 0 aliphatic heterocycles. The smallest absolute Gasteiger partial charge is 0.0945 e. The third-order valence-electron chi connectivity index (χ3n) is 4.00. The quantitative estimate of drug-likeness (QED) is 0.889. The molecule has 0 aromatic carbocycles. The van der Waals surface area contributed by atoms with Crippen molar-refractivity contribution in [2.75, 3.05) is 0 Å². The van der Waals surface area contributed by atoms with Crippen molar-refractivity contribution in [3.8, 4) is 0 Å². The number of aliphatic hydroxyl groups is 1. The predicted molar refractivity (Wildman–Crippen MR) is 74.7 cm³/mol. The second-order valence-electron chi connectivity index (χ2n) is 6.70. The van der Waals surface area contributed by atoms with Crippen LogP contribution in [0.5, 0.6) is 0 Å². The van der Waals surface area contributed by atoms with Crippen molar-refractivity contribution in [1.82, 2.24) is 9.59 Å². The molecule has 0 saturated heterocycles. The summed E-state index contributed by atoms with van der Waals surface area (Å²) in [4.78, 5) is 0.988. The molecule has 0 amide bonds. The van der Waals surface area contributed by atoms with E-state index in [4.69, 9.17) is 0 Å². The maximum absolute atomic E-state index is 10.6. The molecule has 18 heavy (non-hydrogen) atoms. The van der Waals surface area contributed by atoms with E-state index >= 15 is 0 Å². The van der Waals surface area contributed by atoms with Gasteiger partial charge in [0.25, 0.3) is 0 Å². The zero-order valence-corrected chi connectivity index (χ0v) is 12.6. The highest BCUT2D eigenvalue weighted by Gasteiger charge is 2.32. The molecule has 1 unspecified atom stereocenters. The summed E-state index contributed by atoms with van der Waals surface area (Å²) in [5.74, 6) is 1.21. The van der Waals surface area contributed by atoms with E-state index in [1.54, 1.807) is 0 Å². The lowest BCUT2D eigenvalue weighted by Crippen LogP contribution is -2.22. The minimum absolute atomic E-state index is 0.0364. The van der Waals surface area contributed by atoms with Gasteiger partial charge in [0.05, 0.1) is 16.7 Å². The Labute approximate surface area is 114 Å². The zero-order chi connectivity index (χ0) is 13.3. The third-order valence-corrected chi connectivity index (χ3v) is 4.79. The summed E-state index contributed by atoms with van der Waals surface area (Å²) in [7, 11) is 0. The lowest BCUT2D eigenvalue weighted by atomic mass is 9.78. The number of rotatable bonds is 2. The summed E-state index contributed by atoms with van der Waals surface area (Å²) in [5.41, 5.74) is 0.935. The first kappa shape index (κ1) is 13.9. The van der Waals surface area contributed by atoms with E-state index in [-0.39, 0.29) is 11.5 Å². The van der Waals surface area contributed by atoms with Gasteiger partial charge in [0, 0.05) is 5.41 Å². The van der Waals surface area contributed by atoms with Crippen LogP contribution in [0.1, 0.15) is 70.1 Å². The Morgan fingerprint density at radius 3 is 2.39 bits per heavy atom. The van der Waals surface area contributed by atoms with Crippen molar-refractivity contribution < 1.29 is 5.11 Å². The van der Waals surface area contributed by atoms with Gasteiger partial charge < -0.3 is 5.11 Å². The van der Waals surface area contributed by atoms with Crippen LogP contribution < -0.4 is 0 Å². The molecule has 1 atom stereocenters. The van der Waals surface area contributed by atoms with Gasteiger partial charge in [0.1, 0.15) is 0 Å². The van der Waals surface area contributed by atoms with E-state index in [1.165, 1.54) is 24.4 Å². The molecule has 0 spiro atoms. The van der Waals surface area contributed by atoms with E-state index < -0.39 is 0 Å². The summed E-state index contributed by atoms with van der Waals surface area (Å²) in [6, 6.07) is 0. The van der Waals surface area contributed by atoms with Gasteiger partial charge in [-0.25, -0.2) is 0 Å². The van der Waals surface area contributed by atoms with Crippen molar-refractivity contribution in [1.29, 1.82) is 0 Å². The fourth-order valence-electron chi connectivity index (χ4n) is 2.73. The van der Waals surface area contributed by atoms with Gasteiger partial charge in [0.15, 0.2) is 0 Å². The molecule has 1 saturated carbocycles. The first-order valence-electron chi connectivity index (χ1n) is 6.90. The lowest BCUT2D eigenvalue weighted by molar-refractivity contribution is 0.0768. The maximum Gasteiger partial charge on any atom is 0.0945 e. The second-order valence-corrected chi connectivity index (χ2v) is 7.49. The van der Waals surface area contributed by atoms with Crippen molar-refractivity contribution in [2.45, 2.75) is 64.9 Å². The molecular formula is C14H24N2OS. The van der Waals surface area contributed by atoms with E-state index in [2.05, 4.69) is 37.3 Å². The molecule has 1 fully saturated rings. The standard InChI is InChI=1S/C14H24N2OS/c1-9-5-7-10(8-6-9)11(17)12-13(14(2,3)4)15-16-18-12/h9-11,17H,5-8H2,1-4H3. The number of nitrogens with zero attached hydrogens (tertiary/aromatic N) is 2. The summed E-state index contributed by atoms with van der Waals surface area (Å²) in [6.45, 7) is 8.69. The maximum atomic E-state index is 10.6. The van der Waals surface area contributed by atoms with Crippen LogP contribution in [0.3, 0.4) is 0 Å². The molecule has 1 aromatic rings. The van der Waals surface area contributed by atoms with Crippen molar-refractivity contribution in [2.24, 2.45) is 11.8 Å². The van der Waals surface area contributed by atoms with Crippen LogP contribution in [-0.4, -0.2) is 14.7 Å². The van der Waals surface area contributed by atoms with E-state index in [0.29, 0.717) is 5.92 Å². The monoisotopic (exact) mass is 268 g/mol. The molecular weight excluding hydrogens is 244 g/mol. The average molecular weight is 268 g/mol. The first-order valence-corrected chi connectivity index (χ1v) is 7.67. The van der Waals surface area contributed by atoms with Gasteiger partial charge in [-0.15, -0.1) is 5.10 Å². The SMILES string of the molecule is CC1CCC(C(O)c2snnc2C(C)(C)C)CC1. The third kappa shape index (κ3) is 2.91. The average Bonchev–Trinajstić information content (AvgIpc) is 2.77. The van der Waals surface area contributed by atoms with Crippen molar-refractivity contribution >= 4 is 11.5 Å². The Balaban J connectivity index is 2.14. The molecule has 3 nitrogen and oxygen atoms in total. The Bertz CT molecular complexity index is 389. The normalized spacial score (nSPS) is 27.2. The highest BCUT2D eigenvalue weighted by atomic mass is 32.1. The molecule has 1 aromatic heterocycles. The van der Waals surface area contributed by atoms with Crippen LogP contribution in [0.25, 0.3) is 0 Å². The van der Waals surface area contributed by atoms with E-state index in [0.717, 1.165) is 29.3 Å². The number of hydrogen-bond donors (Lipinski definition) is 1. The Morgan fingerprint density at radius 1 is 1.22 bits per heavy atom. The van der Waals surface area contributed by atoms with E-state index in [9.17, 15) is 5.11 Å². The summed E-state index contributed by atoms with van der Waals surface area (Å²) >= 11 is 1.37. The minimum atomic E-state index is -0.369. The summed E-state index contributed by atoms with van der Waals surface area (Å²) < 4.78 is 4.05. The number of aromatic nitrogens is 2. The highest BCUT2D eigenvalue weighted by Crippen LogP contribution is 2.40. The molecule has 2 rings (SSSR count). The van der Waals surface area contributed by atoms with Crippen LogP contribution in [-0.2, 0) is 5.41 Å². The topological polar surface area (TPSA) is 46.0 Å². The first-order chi connectivity index (χ1) is 8.39. The minimum Gasteiger partial charge on any atom is -0.387 e. The molecule has 0 bridgehead atoms.